The summed E-state index contributed by atoms with van der Waals surface area (Å²) >= 11 is -4.71. The molecule has 2 N–H and O–H groups in total. The van der Waals surface area contributed by atoms with E-state index < -0.39 is 30.3 Å². The SMILES string of the molecule is CCCC[Si](CCCC)(CCCC)[O][Zr]([OH])([OH])[O]CC. The van der Waals surface area contributed by atoms with Gasteiger partial charge in [-0.15, -0.1) is 0 Å². The Balaban J connectivity index is 4.91. The van der Waals surface area contributed by atoms with Crippen molar-refractivity contribution in [2.24, 2.45) is 0 Å². The van der Waals surface area contributed by atoms with Gasteiger partial charge >= 0.3 is 133 Å². The van der Waals surface area contributed by atoms with Crippen LogP contribution in [0.3, 0.4) is 0 Å². The molecule has 0 aliphatic carbocycles. The van der Waals surface area contributed by atoms with E-state index in [0.29, 0.717) is 6.61 Å². The monoisotopic (exact) mass is 384 g/mol. The Morgan fingerprint density at radius 2 is 1.20 bits per heavy atom. The van der Waals surface area contributed by atoms with Gasteiger partial charge in [-0.3, -0.25) is 0 Å². The molecule has 0 atom stereocenters. The minimum absolute atomic E-state index is 0.322. The maximum atomic E-state index is 10.1. The predicted octanol–water partition coefficient (Wildman–Crippen LogP) is 4.18. The molecule has 0 saturated heterocycles. The van der Waals surface area contributed by atoms with Crippen LogP contribution in [-0.2, 0) is 27.3 Å². The van der Waals surface area contributed by atoms with Crippen LogP contribution in [0, 0.1) is 0 Å². The summed E-state index contributed by atoms with van der Waals surface area (Å²) in [5, 5.41) is 0. The van der Waals surface area contributed by atoms with E-state index in [1.54, 1.807) is 6.92 Å². The maximum absolute atomic E-state index is 10.1. The van der Waals surface area contributed by atoms with Crippen LogP contribution < -0.4 is 0 Å². The molecule has 0 bridgehead atoms. The second-order valence-corrected chi connectivity index (χ2v) is 14.6. The zero-order valence-electron chi connectivity index (χ0n) is 13.8. The van der Waals surface area contributed by atoms with E-state index in [-0.39, 0.29) is 0 Å². The first-order chi connectivity index (χ1) is 9.45. The molecular formula is C14H34O4SiZr. The van der Waals surface area contributed by atoms with Crippen LogP contribution in [-0.4, -0.2) is 21.3 Å². The van der Waals surface area contributed by atoms with Crippen molar-refractivity contribution in [3.8, 4) is 0 Å². The summed E-state index contributed by atoms with van der Waals surface area (Å²) in [5.74, 6) is 0. The quantitative estimate of drug-likeness (QED) is 0.467. The number of hydrogen-bond donors (Lipinski definition) is 2. The fourth-order valence-electron chi connectivity index (χ4n) is 2.52. The van der Waals surface area contributed by atoms with Crippen molar-refractivity contribution in [3.63, 3.8) is 0 Å². The molecule has 0 amide bonds. The van der Waals surface area contributed by atoms with E-state index in [1.807, 2.05) is 0 Å². The molecule has 0 aliphatic rings. The van der Waals surface area contributed by atoms with E-state index in [1.165, 1.54) is 0 Å². The van der Waals surface area contributed by atoms with Gasteiger partial charge in [-0.2, -0.15) is 0 Å². The topological polar surface area (TPSA) is 58.9 Å². The van der Waals surface area contributed by atoms with Crippen molar-refractivity contribution in [1.82, 2.24) is 0 Å². The molecule has 0 aromatic heterocycles. The predicted molar refractivity (Wildman–Crippen MR) is 82.0 cm³/mol. The van der Waals surface area contributed by atoms with Crippen LogP contribution in [0.15, 0.2) is 0 Å². The third kappa shape index (κ3) is 9.06. The molecule has 0 spiro atoms. The van der Waals surface area contributed by atoms with Crippen LogP contribution >= 0.6 is 0 Å². The first-order valence-corrected chi connectivity index (χ1v) is 15.0. The van der Waals surface area contributed by atoms with Crippen molar-refractivity contribution in [1.29, 1.82) is 0 Å². The molecular weight excluding hydrogens is 351 g/mol. The summed E-state index contributed by atoms with van der Waals surface area (Å²) in [4.78, 5) is 0. The average molecular weight is 386 g/mol. The first-order valence-electron chi connectivity index (χ1n) is 8.24. The van der Waals surface area contributed by atoms with Gasteiger partial charge in [-0.05, 0) is 0 Å². The Morgan fingerprint density at radius 3 is 1.50 bits per heavy atom. The molecule has 4 nitrogen and oxygen atoms in total. The average Bonchev–Trinajstić information content (AvgIpc) is 2.40. The molecule has 0 saturated carbocycles. The van der Waals surface area contributed by atoms with Crippen LogP contribution in [0.2, 0.25) is 18.1 Å². The number of unbranched alkanes of at least 4 members (excludes halogenated alkanes) is 3. The third-order valence-electron chi connectivity index (χ3n) is 3.64. The molecule has 0 heterocycles. The van der Waals surface area contributed by atoms with Crippen molar-refractivity contribution < 1.29 is 33.7 Å². The van der Waals surface area contributed by atoms with Gasteiger partial charge in [0.1, 0.15) is 0 Å². The van der Waals surface area contributed by atoms with Crippen LogP contribution in [0.25, 0.3) is 0 Å². The van der Waals surface area contributed by atoms with Crippen molar-refractivity contribution in [3.05, 3.63) is 0 Å². The molecule has 0 radical (unpaired) electrons. The molecule has 0 aliphatic heterocycles. The van der Waals surface area contributed by atoms with Gasteiger partial charge in [-0.25, -0.2) is 0 Å². The fourth-order valence-corrected chi connectivity index (χ4v) is 15.0. The second kappa shape index (κ2) is 11.5. The van der Waals surface area contributed by atoms with Gasteiger partial charge in [0.05, 0.1) is 0 Å². The molecule has 6 heteroatoms. The summed E-state index contributed by atoms with van der Waals surface area (Å²) in [7, 11) is -2.06. The summed E-state index contributed by atoms with van der Waals surface area (Å²) < 4.78 is 31.4. The summed E-state index contributed by atoms with van der Waals surface area (Å²) in [6, 6.07) is 3.11. The Bertz CT molecular complexity index is 217. The Labute approximate surface area is 132 Å². The fraction of sp³-hybridized carbons (Fsp3) is 1.00. The molecule has 0 unspecified atom stereocenters. The van der Waals surface area contributed by atoms with Crippen molar-refractivity contribution in [2.75, 3.05) is 6.61 Å². The first kappa shape index (κ1) is 20.9. The summed E-state index contributed by atoms with van der Waals surface area (Å²) in [6.45, 7) is 8.64. The molecule has 0 aromatic carbocycles. The molecule has 20 heavy (non-hydrogen) atoms. The van der Waals surface area contributed by atoms with Crippen LogP contribution in [0.5, 0.6) is 0 Å². The summed E-state index contributed by atoms with van der Waals surface area (Å²) in [5.41, 5.74) is 0. The molecule has 0 fully saturated rings. The number of rotatable bonds is 13. The number of hydrogen-bond acceptors (Lipinski definition) is 4. The van der Waals surface area contributed by atoms with Gasteiger partial charge in [0.2, 0.25) is 0 Å². The normalized spacial score (nSPS) is 12.9. The standard InChI is InChI=1S/C12H27OSi.C2H5O.2H2O.Zr/c1-4-7-10-14(13,11-8-5-2)12-9-6-3;1-2-3;;;/h4-12H2,1-3H3;2H2,1H3;2*1H2;/q2*-1;;;+4/p-2. The van der Waals surface area contributed by atoms with Gasteiger partial charge in [0.25, 0.3) is 0 Å². The third-order valence-corrected chi connectivity index (χ3v) is 14.9. The molecule has 0 rings (SSSR count). The van der Waals surface area contributed by atoms with E-state index in [2.05, 4.69) is 20.8 Å². The van der Waals surface area contributed by atoms with Crippen molar-refractivity contribution in [2.45, 2.75) is 84.4 Å². The Morgan fingerprint density at radius 1 is 0.800 bits per heavy atom. The van der Waals surface area contributed by atoms with E-state index >= 15 is 0 Å². The zero-order valence-corrected chi connectivity index (χ0v) is 17.2. The molecule has 0 aromatic rings. The van der Waals surface area contributed by atoms with E-state index in [9.17, 15) is 6.37 Å². The van der Waals surface area contributed by atoms with Gasteiger partial charge in [0, 0.05) is 0 Å². The second-order valence-electron chi connectivity index (χ2n) is 5.58. The van der Waals surface area contributed by atoms with Crippen LogP contribution in [0.1, 0.15) is 66.2 Å². The molecule has 122 valence electrons. The van der Waals surface area contributed by atoms with Crippen molar-refractivity contribution >= 4 is 8.32 Å². The van der Waals surface area contributed by atoms with Gasteiger partial charge < -0.3 is 0 Å². The van der Waals surface area contributed by atoms with E-state index in [4.69, 9.17) is 5.32 Å². The zero-order chi connectivity index (χ0) is 15.5. The minimum atomic E-state index is -4.71. The van der Waals surface area contributed by atoms with E-state index in [0.717, 1.165) is 56.7 Å². The Kier molecular flexibility index (Phi) is 12.0. The van der Waals surface area contributed by atoms with Crippen LogP contribution in [0.4, 0.5) is 0 Å². The van der Waals surface area contributed by atoms with Gasteiger partial charge in [0.15, 0.2) is 0 Å². The Hall–Kier alpha value is 0.940. The van der Waals surface area contributed by atoms with Gasteiger partial charge in [-0.1, -0.05) is 0 Å². The summed E-state index contributed by atoms with van der Waals surface area (Å²) in [6.07, 6.45) is 6.74.